The zero-order chi connectivity index (χ0) is 15.6. The van der Waals surface area contributed by atoms with E-state index in [2.05, 4.69) is 5.32 Å². The van der Waals surface area contributed by atoms with Crippen molar-refractivity contribution in [3.8, 4) is 0 Å². The van der Waals surface area contributed by atoms with Crippen LogP contribution in [0.4, 0.5) is 10.1 Å². The van der Waals surface area contributed by atoms with Crippen molar-refractivity contribution in [3.05, 3.63) is 30.1 Å². The number of nitrogens with one attached hydrogen (secondary N) is 1. The fourth-order valence-electron chi connectivity index (χ4n) is 3.01. The summed E-state index contributed by atoms with van der Waals surface area (Å²) >= 11 is 0. The Balaban J connectivity index is 1.57. The average Bonchev–Trinajstić information content (AvgIpc) is 3.05. The molecule has 3 rings (SSSR count). The maximum atomic E-state index is 13.6. The number of ether oxygens (including phenoxy) is 1. The summed E-state index contributed by atoms with van der Waals surface area (Å²) in [6.07, 6.45) is 1.94. The number of sulfonamides is 1. The summed E-state index contributed by atoms with van der Waals surface area (Å²) in [5.41, 5.74) is 0.480. The van der Waals surface area contributed by atoms with Crippen molar-refractivity contribution in [1.82, 2.24) is 4.31 Å². The van der Waals surface area contributed by atoms with Crippen LogP contribution >= 0.6 is 0 Å². The van der Waals surface area contributed by atoms with E-state index in [1.807, 2.05) is 0 Å². The molecular weight excluding hydrogens is 307 g/mol. The number of nitrogens with zero attached hydrogens (tertiary/aromatic N) is 1. The van der Waals surface area contributed by atoms with Crippen LogP contribution in [0.25, 0.3) is 0 Å². The third kappa shape index (κ3) is 3.26. The molecule has 2 saturated heterocycles. The van der Waals surface area contributed by atoms with Gasteiger partial charge in [0.25, 0.3) is 0 Å². The van der Waals surface area contributed by atoms with Crippen LogP contribution in [0.3, 0.4) is 0 Å². The van der Waals surface area contributed by atoms with E-state index in [1.54, 1.807) is 22.5 Å². The van der Waals surface area contributed by atoms with Crippen LogP contribution in [0.1, 0.15) is 19.3 Å². The maximum Gasteiger partial charge on any atom is 0.219 e. The first-order valence-electron chi connectivity index (χ1n) is 7.65. The second-order valence-corrected chi connectivity index (χ2v) is 8.04. The third-order valence-electron chi connectivity index (χ3n) is 4.36. The summed E-state index contributed by atoms with van der Waals surface area (Å²) in [5, 5.41) is 2.77. The second kappa shape index (κ2) is 6.52. The minimum absolute atomic E-state index is 0.100. The lowest BCUT2D eigenvalue weighted by Gasteiger charge is -2.33. The lowest BCUT2D eigenvalue weighted by molar-refractivity contribution is 0.197. The third-order valence-corrected chi connectivity index (χ3v) is 6.66. The molecule has 7 heteroatoms. The van der Waals surface area contributed by atoms with Gasteiger partial charge in [0.05, 0.1) is 12.3 Å². The van der Waals surface area contributed by atoms with E-state index in [-0.39, 0.29) is 11.9 Å². The lowest BCUT2D eigenvalue weighted by atomic mass is 10.1. The quantitative estimate of drug-likeness (QED) is 0.916. The van der Waals surface area contributed by atoms with Crippen LogP contribution < -0.4 is 5.32 Å². The van der Waals surface area contributed by atoms with E-state index in [0.29, 0.717) is 51.3 Å². The number of benzene rings is 1. The molecule has 2 aliphatic rings. The number of hydrogen-bond donors (Lipinski definition) is 1. The first kappa shape index (κ1) is 15.7. The highest BCUT2D eigenvalue weighted by molar-refractivity contribution is 7.89. The van der Waals surface area contributed by atoms with Crippen LogP contribution in [-0.4, -0.2) is 50.3 Å². The van der Waals surface area contributed by atoms with Crippen molar-refractivity contribution >= 4 is 15.7 Å². The molecule has 1 aromatic rings. The monoisotopic (exact) mass is 328 g/mol. The first-order valence-corrected chi connectivity index (χ1v) is 9.15. The van der Waals surface area contributed by atoms with Gasteiger partial charge in [-0.05, 0) is 31.4 Å². The Morgan fingerprint density at radius 2 is 1.91 bits per heavy atom. The largest absolute Gasteiger partial charge is 0.380 e. The molecule has 1 atom stereocenters. The average molecular weight is 328 g/mol. The van der Waals surface area contributed by atoms with Gasteiger partial charge in [0.1, 0.15) is 11.1 Å². The van der Waals surface area contributed by atoms with Crippen LogP contribution in [0, 0.1) is 5.82 Å². The maximum absolute atomic E-state index is 13.6. The van der Waals surface area contributed by atoms with Crippen molar-refractivity contribution in [2.75, 3.05) is 31.6 Å². The minimum Gasteiger partial charge on any atom is -0.380 e. The summed E-state index contributed by atoms with van der Waals surface area (Å²) in [4.78, 5) is 0. The van der Waals surface area contributed by atoms with E-state index < -0.39 is 15.3 Å². The number of piperidine rings is 1. The molecule has 0 spiro atoms. The molecule has 0 saturated carbocycles. The molecule has 2 aliphatic heterocycles. The molecule has 0 radical (unpaired) electrons. The van der Waals surface area contributed by atoms with Gasteiger partial charge < -0.3 is 10.1 Å². The van der Waals surface area contributed by atoms with Gasteiger partial charge in [-0.15, -0.1) is 0 Å². The summed E-state index contributed by atoms with van der Waals surface area (Å²) in [6.45, 7) is 1.78. The molecule has 0 amide bonds. The molecule has 1 aromatic carbocycles. The van der Waals surface area contributed by atoms with Gasteiger partial charge in [-0.1, -0.05) is 12.1 Å². The fraction of sp³-hybridized carbons (Fsp3) is 0.600. The highest BCUT2D eigenvalue weighted by atomic mass is 32.2. The van der Waals surface area contributed by atoms with Gasteiger partial charge in [0.15, 0.2) is 0 Å². The number of halogens is 1. The van der Waals surface area contributed by atoms with Crippen molar-refractivity contribution in [2.45, 2.75) is 30.6 Å². The highest BCUT2D eigenvalue weighted by Gasteiger charge is 2.36. The minimum atomic E-state index is -3.26. The van der Waals surface area contributed by atoms with Gasteiger partial charge >= 0.3 is 0 Å². The molecular formula is C15H21FN2O3S. The SMILES string of the molecule is O=S(=O)(C1CCOC1)N1CCC(Nc2ccccc2F)CC1. The predicted octanol–water partition coefficient (Wildman–Crippen LogP) is 1.82. The Morgan fingerprint density at radius 3 is 2.55 bits per heavy atom. The Morgan fingerprint density at radius 1 is 1.18 bits per heavy atom. The molecule has 122 valence electrons. The molecule has 2 heterocycles. The molecule has 0 aliphatic carbocycles. The number of anilines is 1. The topological polar surface area (TPSA) is 58.6 Å². The standard InChI is InChI=1S/C15H21FN2O3S/c16-14-3-1-2-4-15(14)17-12-5-8-18(9-6-12)22(19,20)13-7-10-21-11-13/h1-4,12-13,17H,5-11H2. The van der Waals surface area contributed by atoms with Crippen LogP contribution in [0.5, 0.6) is 0 Å². The van der Waals surface area contributed by atoms with Crippen molar-refractivity contribution in [1.29, 1.82) is 0 Å². The Kier molecular flexibility index (Phi) is 4.65. The van der Waals surface area contributed by atoms with Gasteiger partial charge in [-0.3, -0.25) is 0 Å². The molecule has 22 heavy (non-hydrogen) atoms. The Labute approximate surface area is 130 Å². The van der Waals surface area contributed by atoms with E-state index in [9.17, 15) is 12.8 Å². The number of hydrogen-bond acceptors (Lipinski definition) is 4. The highest BCUT2D eigenvalue weighted by Crippen LogP contribution is 2.24. The summed E-state index contributed by atoms with van der Waals surface area (Å²) in [7, 11) is -3.26. The molecule has 1 unspecified atom stereocenters. The number of rotatable bonds is 4. The van der Waals surface area contributed by atoms with E-state index in [0.717, 1.165) is 0 Å². The molecule has 2 fully saturated rings. The molecule has 0 aromatic heterocycles. The van der Waals surface area contributed by atoms with Crippen molar-refractivity contribution in [3.63, 3.8) is 0 Å². The van der Waals surface area contributed by atoms with Gasteiger partial charge in [-0.25, -0.2) is 17.1 Å². The predicted molar refractivity (Wildman–Crippen MR) is 82.8 cm³/mol. The van der Waals surface area contributed by atoms with Crippen LogP contribution in [0.15, 0.2) is 24.3 Å². The summed E-state index contributed by atoms with van der Waals surface area (Å²) in [6, 6.07) is 6.66. The summed E-state index contributed by atoms with van der Waals surface area (Å²) < 4.78 is 45.3. The van der Waals surface area contributed by atoms with Gasteiger partial charge in [0.2, 0.25) is 10.0 Å². The lowest BCUT2D eigenvalue weighted by Crippen LogP contribution is -2.46. The van der Waals surface area contributed by atoms with E-state index >= 15 is 0 Å². The second-order valence-electron chi connectivity index (χ2n) is 5.83. The first-order chi connectivity index (χ1) is 10.6. The molecule has 5 nitrogen and oxygen atoms in total. The van der Waals surface area contributed by atoms with E-state index in [1.165, 1.54) is 6.07 Å². The smallest absolute Gasteiger partial charge is 0.219 e. The van der Waals surface area contributed by atoms with Crippen LogP contribution in [0.2, 0.25) is 0 Å². The zero-order valence-electron chi connectivity index (χ0n) is 12.4. The number of para-hydroxylation sites is 1. The fourth-order valence-corrected chi connectivity index (χ4v) is 4.82. The van der Waals surface area contributed by atoms with Gasteiger partial charge in [0, 0.05) is 25.7 Å². The Hall–Kier alpha value is -1.18. The molecule has 0 bridgehead atoms. The molecule has 1 N–H and O–H groups in total. The van der Waals surface area contributed by atoms with Gasteiger partial charge in [-0.2, -0.15) is 0 Å². The van der Waals surface area contributed by atoms with Crippen molar-refractivity contribution < 1.29 is 17.5 Å². The zero-order valence-corrected chi connectivity index (χ0v) is 13.2. The van der Waals surface area contributed by atoms with Crippen LogP contribution in [-0.2, 0) is 14.8 Å². The summed E-state index contributed by atoms with van der Waals surface area (Å²) in [5.74, 6) is -0.277. The Bertz CT molecular complexity index is 609. The normalized spacial score (nSPS) is 24.5. The van der Waals surface area contributed by atoms with E-state index in [4.69, 9.17) is 4.74 Å². The van der Waals surface area contributed by atoms with Crippen molar-refractivity contribution in [2.24, 2.45) is 0 Å².